The molecule has 2 fully saturated rings. The summed E-state index contributed by atoms with van der Waals surface area (Å²) in [6.07, 6.45) is 10.1. The third-order valence-electron chi connectivity index (χ3n) is 7.46. The van der Waals surface area contributed by atoms with Gasteiger partial charge >= 0.3 is 0 Å². The zero-order chi connectivity index (χ0) is 24.6. The molecule has 9 heteroatoms. The van der Waals surface area contributed by atoms with Crippen molar-refractivity contribution in [1.82, 2.24) is 24.5 Å². The number of piperidine rings is 1. The van der Waals surface area contributed by atoms with Gasteiger partial charge in [0.2, 0.25) is 5.95 Å². The van der Waals surface area contributed by atoms with E-state index < -0.39 is 0 Å². The molecule has 0 amide bonds. The third kappa shape index (κ3) is 4.39. The van der Waals surface area contributed by atoms with E-state index in [1.165, 1.54) is 18.9 Å². The largest absolute Gasteiger partial charge is 0.370 e. The van der Waals surface area contributed by atoms with Crippen molar-refractivity contribution >= 4 is 28.5 Å². The molecule has 36 heavy (non-hydrogen) atoms. The zero-order valence-corrected chi connectivity index (χ0v) is 20.5. The second-order valence-corrected chi connectivity index (χ2v) is 9.91. The van der Waals surface area contributed by atoms with Crippen molar-refractivity contribution in [3.05, 3.63) is 54.4 Å². The van der Waals surface area contributed by atoms with Crippen LogP contribution >= 0.6 is 0 Å². The molecule has 3 aromatic heterocycles. The number of nitrogens with zero attached hydrogens (tertiary/aromatic N) is 6. The van der Waals surface area contributed by atoms with Gasteiger partial charge in [-0.25, -0.2) is 24.3 Å². The number of benzene rings is 1. The van der Waals surface area contributed by atoms with E-state index >= 15 is 4.39 Å². The summed E-state index contributed by atoms with van der Waals surface area (Å²) in [5, 5.41) is 3.18. The Labute approximate surface area is 209 Å². The maximum Gasteiger partial charge on any atom is 0.228 e. The quantitative estimate of drug-likeness (QED) is 0.404. The molecule has 2 aliphatic rings. The summed E-state index contributed by atoms with van der Waals surface area (Å²) in [5.41, 5.74) is 9.71. The van der Waals surface area contributed by atoms with Gasteiger partial charge in [0.05, 0.1) is 23.1 Å². The molecule has 1 saturated carbocycles. The van der Waals surface area contributed by atoms with Gasteiger partial charge in [-0.2, -0.15) is 0 Å². The Hall–Kier alpha value is -3.59. The van der Waals surface area contributed by atoms with Crippen molar-refractivity contribution in [1.29, 1.82) is 0 Å². The Kier molecular flexibility index (Phi) is 6.00. The van der Waals surface area contributed by atoms with Gasteiger partial charge in [0.15, 0.2) is 5.82 Å². The number of rotatable bonds is 5. The second kappa shape index (κ2) is 9.46. The van der Waals surface area contributed by atoms with Crippen LogP contribution in [0, 0.1) is 12.7 Å². The summed E-state index contributed by atoms with van der Waals surface area (Å²) in [5.74, 6) is 1.60. The van der Waals surface area contributed by atoms with Crippen LogP contribution in [-0.4, -0.2) is 43.6 Å². The van der Waals surface area contributed by atoms with E-state index in [0.717, 1.165) is 55.8 Å². The Bertz CT molecular complexity index is 1370. The molecule has 0 unspecified atom stereocenters. The van der Waals surface area contributed by atoms with E-state index in [0.29, 0.717) is 40.6 Å². The molecule has 0 radical (unpaired) electrons. The molecule has 0 spiro atoms. The van der Waals surface area contributed by atoms with Crippen molar-refractivity contribution in [2.45, 2.75) is 57.5 Å². The Balaban J connectivity index is 1.25. The van der Waals surface area contributed by atoms with Gasteiger partial charge in [-0.05, 0) is 62.9 Å². The van der Waals surface area contributed by atoms with Crippen LogP contribution in [0.25, 0.3) is 22.3 Å². The SMILES string of the molecule is Cc1nc2c(F)cc(-c3ccnc(Nc4ccc(N5CCC(N)CC5)cn4)n3)cc2n1C1CCCC1. The van der Waals surface area contributed by atoms with E-state index in [4.69, 9.17) is 5.73 Å². The molecule has 1 saturated heterocycles. The van der Waals surface area contributed by atoms with E-state index in [-0.39, 0.29) is 5.82 Å². The first-order valence-electron chi connectivity index (χ1n) is 12.8. The van der Waals surface area contributed by atoms with Crippen molar-refractivity contribution in [3.8, 4) is 11.3 Å². The third-order valence-corrected chi connectivity index (χ3v) is 7.46. The van der Waals surface area contributed by atoms with Gasteiger partial charge < -0.3 is 20.5 Å². The minimum atomic E-state index is -0.327. The molecule has 0 bridgehead atoms. The standard InChI is InChI=1S/C27H31FN8/c1-17-32-26-22(28)14-18(15-24(26)36(17)20-4-2-3-5-20)23-8-11-30-27(33-23)34-25-7-6-21(16-31-25)35-12-9-19(29)10-13-35/h6-8,11,14-16,19-20H,2-5,9-10,12-13,29H2,1H3,(H,30,31,33,34). The Morgan fingerprint density at radius 2 is 1.81 bits per heavy atom. The molecule has 8 nitrogen and oxygen atoms in total. The Morgan fingerprint density at radius 1 is 1.00 bits per heavy atom. The highest BCUT2D eigenvalue weighted by Crippen LogP contribution is 2.35. The number of nitrogens with one attached hydrogen (secondary N) is 1. The van der Waals surface area contributed by atoms with Crippen molar-refractivity contribution in [3.63, 3.8) is 0 Å². The predicted molar refractivity (Wildman–Crippen MR) is 140 cm³/mol. The Morgan fingerprint density at radius 3 is 2.56 bits per heavy atom. The molecule has 6 rings (SSSR count). The minimum Gasteiger partial charge on any atom is -0.370 e. The number of imidazole rings is 1. The zero-order valence-electron chi connectivity index (χ0n) is 20.5. The minimum absolute atomic E-state index is 0.293. The summed E-state index contributed by atoms with van der Waals surface area (Å²) in [6.45, 7) is 3.85. The van der Waals surface area contributed by atoms with Crippen molar-refractivity contribution in [2.75, 3.05) is 23.3 Å². The van der Waals surface area contributed by atoms with Crippen LogP contribution in [0.2, 0.25) is 0 Å². The lowest BCUT2D eigenvalue weighted by Crippen LogP contribution is -2.39. The summed E-state index contributed by atoms with van der Waals surface area (Å²) >= 11 is 0. The van der Waals surface area contributed by atoms with Crippen LogP contribution in [0.4, 0.5) is 21.8 Å². The molecular formula is C27H31FN8. The topological polar surface area (TPSA) is 97.8 Å². The molecule has 186 valence electrons. The van der Waals surface area contributed by atoms with Gasteiger partial charge in [0.25, 0.3) is 0 Å². The molecule has 4 aromatic rings. The average molecular weight is 487 g/mol. The second-order valence-electron chi connectivity index (χ2n) is 9.91. The molecule has 1 aliphatic carbocycles. The fraction of sp³-hybridized carbons (Fsp3) is 0.407. The number of nitrogens with two attached hydrogens (primary N) is 1. The highest BCUT2D eigenvalue weighted by Gasteiger charge is 2.23. The first kappa shape index (κ1) is 22.8. The molecule has 0 atom stereocenters. The number of anilines is 3. The van der Waals surface area contributed by atoms with Crippen LogP contribution in [0.15, 0.2) is 42.7 Å². The van der Waals surface area contributed by atoms with E-state index in [1.54, 1.807) is 12.3 Å². The van der Waals surface area contributed by atoms with E-state index in [1.807, 2.05) is 31.3 Å². The summed E-state index contributed by atoms with van der Waals surface area (Å²) in [4.78, 5) is 20.4. The lowest BCUT2D eigenvalue weighted by molar-refractivity contribution is 0.501. The first-order chi connectivity index (χ1) is 17.5. The van der Waals surface area contributed by atoms with Crippen LogP contribution in [0.1, 0.15) is 50.4 Å². The number of aromatic nitrogens is 5. The van der Waals surface area contributed by atoms with E-state index in [9.17, 15) is 0 Å². The number of pyridine rings is 1. The van der Waals surface area contributed by atoms with Crippen LogP contribution in [-0.2, 0) is 0 Å². The van der Waals surface area contributed by atoms with Crippen molar-refractivity contribution in [2.24, 2.45) is 5.73 Å². The lowest BCUT2D eigenvalue weighted by Gasteiger charge is -2.31. The fourth-order valence-electron chi connectivity index (χ4n) is 5.54. The monoisotopic (exact) mass is 486 g/mol. The number of aryl methyl sites for hydroxylation is 1. The highest BCUT2D eigenvalue weighted by molar-refractivity contribution is 5.83. The summed E-state index contributed by atoms with van der Waals surface area (Å²) < 4.78 is 17.3. The number of fused-ring (bicyclic) bond motifs is 1. The van der Waals surface area contributed by atoms with Gasteiger partial charge in [0, 0.05) is 36.9 Å². The van der Waals surface area contributed by atoms with Gasteiger partial charge in [-0.3, -0.25) is 0 Å². The maximum atomic E-state index is 15.1. The first-order valence-corrected chi connectivity index (χ1v) is 12.8. The van der Waals surface area contributed by atoms with Crippen LogP contribution < -0.4 is 16.0 Å². The van der Waals surface area contributed by atoms with Crippen molar-refractivity contribution < 1.29 is 4.39 Å². The van der Waals surface area contributed by atoms with E-state index in [2.05, 4.69) is 34.7 Å². The fourth-order valence-corrected chi connectivity index (χ4v) is 5.54. The molecule has 3 N–H and O–H groups in total. The summed E-state index contributed by atoms with van der Waals surface area (Å²) in [7, 11) is 0. The normalized spacial score (nSPS) is 17.2. The highest BCUT2D eigenvalue weighted by atomic mass is 19.1. The van der Waals surface area contributed by atoms with Gasteiger partial charge in [0.1, 0.15) is 17.2 Å². The van der Waals surface area contributed by atoms with Gasteiger partial charge in [-0.1, -0.05) is 12.8 Å². The number of hydrogen-bond acceptors (Lipinski definition) is 7. The van der Waals surface area contributed by atoms with Crippen LogP contribution in [0.5, 0.6) is 0 Å². The van der Waals surface area contributed by atoms with Crippen LogP contribution in [0.3, 0.4) is 0 Å². The lowest BCUT2D eigenvalue weighted by atomic mass is 10.1. The average Bonchev–Trinajstić information content (AvgIpc) is 3.53. The smallest absolute Gasteiger partial charge is 0.228 e. The molecule has 4 heterocycles. The molecule has 1 aliphatic heterocycles. The summed E-state index contributed by atoms with van der Waals surface area (Å²) in [6, 6.07) is 9.95. The molecular weight excluding hydrogens is 455 g/mol. The number of halogens is 1. The van der Waals surface area contributed by atoms with Gasteiger partial charge in [-0.15, -0.1) is 0 Å². The molecule has 1 aromatic carbocycles. The maximum absolute atomic E-state index is 15.1. The predicted octanol–water partition coefficient (Wildman–Crippen LogP) is 5.12. The number of hydrogen-bond donors (Lipinski definition) is 2.